The lowest BCUT2D eigenvalue weighted by atomic mass is 10.1. The van der Waals surface area contributed by atoms with Crippen molar-refractivity contribution in [3.05, 3.63) is 5.56 Å². The lowest BCUT2D eigenvalue weighted by Gasteiger charge is -2.14. The van der Waals surface area contributed by atoms with Gasteiger partial charge in [-0.2, -0.15) is 5.90 Å². The second-order valence-corrected chi connectivity index (χ2v) is 2.85. The van der Waals surface area contributed by atoms with Crippen molar-refractivity contribution in [3.8, 4) is 0 Å². The summed E-state index contributed by atoms with van der Waals surface area (Å²) in [7, 11) is 0. The lowest BCUT2D eigenvalue weighted by Crippen LogP contribution is -2.18. The van der Waals surface area contributed by atoms with Gasteiger partial charge in [-0.15, -0.1) is 0 Å². The Balaban J connectivity index is 3.60. The van der Waals surface area contributed by atoms with Gasteiger partial charge in [-0.25, -0.2) is 4.79 Å². The average molecular weight is 212 g/mol. The number of carbonyl (C=O) groups excluding carboxylic acids is 1. The van der Waals surface area contributed by atoms with E-state index in [0.29, 0.717) is 0 Å². The maximum Gasteiger partial charge on any atom is 0.360 e. The van der Waals surface area contributed by atoms with Crippen molar-refractivity contribution in [2.45, 2.75) is 0 Å². The zero-order chi connectivity index (χ0) is 11.7. The van der Waals surface area contributed by atoms with Gasteiger partial charge >= 0.3 is 5.97 Å². The molecule has 8 nitrogen and oxygen atoms in total. The van der Waals surface area contributed by atoms with E-state index in [9.17, 15) is 4.79 Å². The minimum Gasteiger partial charge on any atom is -0.396 e. The number of nitrogen functional groups attached to an aromatic ring is 5. The van der Waals surface area contributed by atoms with E-state index in [4.69, 9.17) is 34.6 Å². The van der Waals surface area contributed by atoms with Gasteiger partial charge in [0.25, 0.3) is 0 Å². The van der Waals surface area contributed by atoms with Crippen LogP contribution in [0.1, 0.15) is 10.4 Å². The molecule has 8 heteroatoms. The van der Waals surface area contributed by atoms with Crippen LogP contribution in [-0.4, -0.2) is 5.97 Å². The number of hydrogen-bond acceptors (Lipinski definition) is 8. The highest BCUT2D eigenvalue weighted by molar-refractivity contribution is 6.10. The molecule has 0 unspecified atom stereocenters. The Bertz CT molecular complexity index is 401. The Labute approximate surface area is 85.1 Å². The highest BCUT2D eigenvalue weighted by Crippen LogP contribution is 2.38. The molecule has 0 radical (unpaired) electrons. The SMILES string of the molecule is NOC(=O)c1c(N)c(N)c(N)c(N)c1N. The first-order valence-corrected chi connectivity index (χ1v) is 3.84. The molecule has 0 aliphatic rings. The van der Waals surface area contributed by atoms with Crippen molar-refractivity contribution in [1.29, 1.82) is 0 Å². The second-order valence-electron chi connectivity index (χ2n) is 2.85. The summed E-state index contributed by atoms with van der Waals surface area (Å²) in [5, 5.41) is 0. The molecule has 0 aromatic heterocycles. The predicted molar refractivity (Wildman–Crippen MR) is 58.1 cm³/mol. The van der Waals surface area contributed by atoms with E-state index < -0.39 is 5.97 Å². The Hall–Kier alpha value is -2.35. The summed E-state index contributed by atoms with van der Waals surface area (Å²) in [4.78, 5) is 15.2. The molecule has 1 rings (SSSR count). The fourth-order valence-electron chi connectivity index (χ4n) is 1.13. The molecule has 0 spiro atoms. The summed E-state index contributed by atoms with van der Waals surface area (Å²) < 4.78 is 0. The zero-order valence-corrected chi connectivity index (χ0v) is 7.78. The van der Waals surface area contributed by atoms with E-state index in [1.807, 2.05) is 0 Å². The molecule has 0 heterocycles. The number of anilines is 5. The van der Waals surface area contributed by atoms with Crippen LogP contribution in [0.15, 0.2) is 0 Å². The van der Waals surface area contributed by atoms with Crippen molar-refractivity contribution in [3.63, 3.8) is 0 Å². The minimum atomic E-state index is -0.927. The van der Waals surface area contributed by atoms with Crippen molar-refractivity contribution in [2.75, 3.05) is 28.7 Å². The van der Waals surface area contributed by atoms with Crippen LogP contribution in [0.2, 0.25) is 0 Å². The lowest BCUT2D eigenvalue weighted by molar-refractivity contribution is 0.0506. The molecule has 82 valence electrons. The highest BCUT2D eigenvalue weighted by Gasteiger charge is 2.22. The summed E-state index contributed by atoms with van der Waals surface area (Å²) >= 11 is 0. The number of rotatable bonds is 1. The maximum atomic E-state index is 11.2. The molecule has 0 amide bonds. The van der Waals surface area contributed by atoms with Gasteiger partial charge in [-0.1, -0.05) is 0 Å². The van der Waals surface area contributed by atoms with Crippen LogP contribution < -0.4 is 34.6 Å². The van der Waals surface area contributed by atoms with Crippen LogP contribution in [-0.2, 0) is 4.84 Å². The molecule has 0 saturated carbocycles. The largest absolute Gasteiger partial charge is 0.396 e. The van der Waals surface area contributed by atoms with E-state index in [-0.39, 0.29) is 34.0 Å². The highest BCUT2D eigenvalue weighted by atomic mass is 16.7. The van der Waals surface area contributed by atoms with Gasteiger partial charge in [0.1, 0.15) is 5.56 Å². The molecule has 0 aliphatic carbocycles. The first kappa shape index (κ1) is 10.7. The Morgan fingerprint density at radius 1 is 0.800 bits per heavy atom. The van der Waals surface area contributed by atoms with Crippen LogP contribution in [0.4, 0.5) is 28.4 Å². The minimum absolute atomic E-state index is 0.0258. The smallest absolute Gasteiger partial charge is 0.360 e. The Morgan fingerprint density at radius 2 is 1.13 bits per heavy atom. The number of nitrogens with two attached hydrogens (primary N) is 6. The fraction of sp³-hybridized carbons (Fsp3) is 0. The summed E-state index contributed by atoms with van der Waals surface area (Å²) in [5.41, 5.74) is 27.2. The van der Waals surface area contributed by atoms with Crippen LogP contribution in [0.5, 0.6) is 0 Å². The Morgan fingerprint density at radius 3 is 1.47 bits per heavy atom. The maximum absolute atomic E-state index is 11.2. The van der Waals surface area contributed by atoms with E-state index in [2.05, 4.69) is 4.84 Å². The van der Waals surface area contributed by atoms with Crippen molar-refractivity contribution in [1.82, 2.24) is 0 Å². The molecule has 1 aromatic rings. The number of hydrogen-bond donors (Lipinski definition) is 6. The van der Waals surface area contributed by atoms with Crippen LogP contribution in [0.25, 0.3) is 0 Å². The van der Waals surface area contributed by atoms with Crippen LogP contribution in [0.3, 0.4) is 0 Å². The number of carbonyl (C=O) groups is 1. The molecule has 12 N–H and O–H groups in total. The first-order valence-electron chi connectivity index (χ1n) is 3.84. The molecule has 1 aromatic carbocycles. The molecule has 0 atom stereocenters. The van der Waals surface area contributed by atoms with Crippen molar-refractivity contribution in [2.24, 2.45) is 5.90 Å². The third-order valence-corrected chi connectivity index (χ3v) is 2.01. The standard InChI is InChI=1S/C7H12N6O2/c8-2-1(7(14)15-13)3(9)5(11)6(12)4(2)10/h8-13H2. The second kappa shape index (κ2) is 3.42. The normalized spacial score (nSPS) is 9.93. The molecule has 0 bridgehead atoms. The van der Waals surface area contributed by atoms with Gasteiger partial charge in [-0.05, 0) is 0 Å². The summed E-state index contributed by atoms with van der Waals surface area (Å²) in [6.45, 7) is 0. The zero-order valence-electron chi connectivity index (χ0n) is 7.78. The monoisotopic (exact) mass is 212 g/mol. The fourth-order valence-corrected chi connectivity index (χ4v) is 1.13. The average Bonchev–Trinajstić information content (AvgIpc) is 2.23. The van der Waals surface area contributed by atoms with Crippen LogP contribution in [0, 0.1) is 0 Å². The van der Waals surface area contributed by atoms with E-state index in [1.165, 1.54) is 0 Å². The third-order valence-electron chi connectivity index (χ3n) is 2.01. The molecule has 0 saturated heterocycles. The summed E-state index contributed by atoms with van der Waals surface area (Å²) in [6.07, 6.45) is 0. The molecular weight excluding hydrogens is 200 g/mol. The van der Waals surface area contributed by atoms with E-state index >= 15 is 0 Å². The topological polar surface area (TPSA) is 182 Å². The predicted octanol–water partition coefficient (Wildman–Crippen LogP) is -1.37. The third kappa shape index (κ3) is 1.42. The molecular formula is C7H12N6O2. The van der Waals surface area contributed by atoms with Gasteiger partial charge in [-0.3, -0.25) is 0 Å². The van der Waals surface area contributed by atoms with Crippen molar-refractivity contribution >= 4 is 34.4 Å². The first-order chi connectivity index (χ1) is 6.91. The van der Waals surface area contributed by atoms with Gasteiger partial charge in [0.15, 0.2) is 0 Å². The summed E-state index contributed by atoms with van der Waals surface area (Å²) in [6, 6.07) is 0. The van der Waals surface area contributed by atoms with Crippen LogP contribution >= 0.6 is 0 Å². The van der Waals surface area contributed by atoms with Gasteiger partial charge in [0, 0.05) is 0 Å². The quantitative estimate of drug-likeness (QED) is 0.243. The Kier molecular flexibility index (Phi) is 2.45. The summed E-state index contributed by atoms with van der Waals surface area (Å²) in [5.74, 6) is 3.78. The van der Waals surface area contributed by atoms with E-state index in [0.717, 1.165) is 0 Å². The van der Waals surface area contributed by atoms with Crippen molar-refractivity contribution < 1.29 is 9.63 Å². The number of benzene rings is 1. The molecule has 0 fully saturated rings. The van der Waals surface area contributed by atoms with Gasteiger partial charge < -0.3 is 33.5 Å². The van der Waals surface area contributed by atoms with Gasteiger partial charge in [0.05, 0.1) is 28.4 Å². The van der Waals surface area contributed by atoms with E-state index in [1.54, 1.807) is 0 Å². The molecule has 15 heavy (non-hydrogen) atoms. The molecule has 0 aliphatic heterocycles. The van der Waals surface area contributed by atoms with Gasteiger partial charge in [0.2, 0.25) is 0 Å².